The number of pyridine rings is 1. The Bertz CT molecular complexity index is 560. The molecule has 20 heavy (non-hydrogen) atoms. The Labute approximate surface area is 130 Å². The molecule has 6 heteroatoms. The van der Waals surface area contributed by atoms with E-state index in [2.05, 4.69) is 20.9 Å². The number of halogens is 1. The highest BCUT2D eigenvalue weighted by atomic mass is 79.9. The number of carbonyl (C=O) groups excluding carboxylic acids is 1. The molecule has 2 rings (SSSR count). The maximum atomic E-state index is 12.5. The van der Waals surface area contributed by atoms with Crippen molar-refractivity contribution in [3.8, 4) is 0 Å². The van der Waals surface area contributed by atoms with Gasteiger partial charge in [0.25, 0.3) is 5.91 Å². The van der Waals surface area contributed by atoms with Crippen molar-refractivity contribution in [2.45, 2.75) is 6.54 Å². The lowest BCUT2D eigenvalue weighted by atomic mass is 10.3. The van der Waals surface area contributed by atoms with Gasteiger partial charge in [-0.1, -0.05) is 12.1 Å². The van der Waals surface area contributed by atoms with Gasteiger partial charge in [-0.05, 0) is 39.5 Å². The molecule has 0 saturated heterocycles. The average molecular weight is 355 g/mol. The van der Waals surface area contributed by atoms with E-state index in [1.165, 1.54) is 0 Å². The maximum Gasteiger partial charge on any atom is 0.272 e. The zero-order valence-corrected chi connectivity index (χ0v) is 13.5. The predicted octanol–water partition coefficient (Wildman–Crippen LogP) is 3.19. The van der Waals surface area contributed by atoms with E-state index in [4.69, 9.17) is 4.74 Å². The normalized spacial score (nSPS) is 10.5. The van der Waals surface area contributed by atoms with Crippen molar-refractivity contribution in [2.75, 3.05) is 20.3 Å². The molecule has 0 atom stereocenters. The third-order valence-corrected chi connectivity index (χ3v) is 4.02. The Morgan fingerprint density at radius 2 is 2.25 bits per heavy atom. The van der Waals surface area contributed by atoms with Gasteiger partial charge >= 0.3 is 0 Å². The summed E-state index contributed by atoms with van der Waals surface area (Å²) < 4.78 is 5.74. The van der Waals surface area contributed by atoms with Gasteiger partial charge in [0.2, 0.25) is 0 Å². The van der Waals surface area contributed by atoms with E-state index in [0.29, 0.717) is 30.0 Å². The second kappa shape index (κ2) is 7.52. The van der Waals surface area contributed by atoms with E-state index in [1.54, 1.807) is 35.5 Å². The first-order valence-corrected chi connectivity index (χ1v) is 7.81. The van der Waals surface area contributed by atoms with Crippen LogP contribution in [-0.4, -0.2) is 36.1 Å². The first-order chi connectivity index (χ1) is 9.70. The Morgan fingerprint density at radius 3 is 2.90 bits per heavy atom. The number of hydrogen-bond acceptors (Lipinski definition) is 4. The molecular formula is C14H15BrN2O2S. The summed E-state index contributed by atoms with van der Waals surface area (Å²) in [4.78, 5) is 19.6. The lowest BCUT2D eigenvalue weighted by molar-refractivity contribution is 0.0676. The van der Waals surface area contributed by atoms with Crippen LogP contribution in [0.5, 0.6) is 0 Å². The number of carbonyl (C=O) groups is 1. The molecule has 106 valence electrons. The van der Waals surface area contributed by atoms with Crippen molar-refractivity contribution in [1.82, 2.24) is 9.88 Å². The van der Waals surface area contributed by atoms with E-state index >= 15 is 0 Å². The quantitative estimate of drug-likeness (QED) is 0.748. The molecule has 0 bridgehead atoms. The summed E-state index contributed by atoms with van der Waals surface area (Å²) in [5, 5.41) is 2.01. The minimum Gasteiger partial charge on any atom is -0.383 e. The minimum atomic E-state index is -0.0863. The monoisotopic (exact) mass is 354 g/mol. The van der Waals surface area contributed by atoms with Crippen LogP contribution < -0.4 is 0 Å². The molecule has 2 aromatic rings. The lowest BCUT2D eigenvalue weighted by Gasteiger charge is -2.21. The van der Waals surface area contributed by atoms with Crippen LogP contribution in [0.25, 0.3) is 0 Å². The molecule has 1 amide bonds. The van der Waals surface area contributed by atoms with Gasteiger partial charge in [0, 0.05) is 18.5 Å². The van der Waals surface area contributed by atoms with E-state index < -0.39 is 0 Å². The van der Waals surface area contributed by atoms with Crippen LogP contribution >= 0.6 is 27.3 Å². The fraction of sp³-hybridized carbons (Fsp3) is 0.286. The van der Waals surface area contributed by atoms with Crippen LogP contribution in [0.2, 0.25) is 0 Å². The van der Waals surface area contributed by atoms with Crippen molar-refractivity contribution in [3.63, 3.8) is 0 Å². The number of hydrogen-bond donors (Lipinski definition) is 0. The molecule has 0 N–H and O–H groups in total. The van der Waals surface area contributed by atoms with E-state index in [1.807, 2.05) is 23.6 Å². The zero-order chi connectivity index (χ0) is 14.4. The van der Waals surface area contributed by atoms with E-state index in [0.717, 1.165) is 4.88 Å². The van der Waals surface area contributed by atoms with Crippen molar-refractivity contribution >= 4 is 33.2 Å². The van der Waals surface area contributed by atoms with Crippen LogP contribution in [0.15, 0.2) is 40.3 Å². The highest BCUT2D eigenvalue weighted by molar-refractivity contribution is 9.10. The summed E-state index contributed by atoms with van der Waals surface area (Å²) in [6.45, 7) is 1.63. The predicted molar refractivity (Wildman–Crippen MR) is 82.9 cm³/mol. The van der Waals surface area contributed by atoms with Crippen molar-refractivity contribution in [2.24, 2.45) is 0 Å². The van der Waals surface area contributed by atoms with Gasteiger partial charge in [0.05, 0.1) is 13.2 Å². The van der Waals surface area contributed by atoms with Crippen LogP contribution in [0.4, 0.5) is 0 Å². The molecule has 0 fully saturated rings. The SMILES string of the molecule is COCCN(Cc1cccs1)C(=O)c1cccc(Br)n1. The van der Waals surface area contributed by atoms with Crippen LogP contribution in [-0.2, 0) is 11.3 Å². The third kappa shape index (κ3) is 4.13. The lowest BCUT2D eigenvalue weighted by Crippen LogP contribution is -2.33. The molecule has 0 aromatic carbocycles. The van der Waals surface area contributed by atoms with E-state index in [9.17, 15) is 4.79 Å². The molecule has 0 radical (unpaired) electrons. The van der Waals surface area contributed by atoms with Gasteiger partial charge < -0.3 is 9.64 Å². The average Bonchev–Trinajstić information content (AvgIpc) is 2.95. The molecule has 0 aliphatic carbocycles. The fourth-order valence-corrected chi connectivity index (χ4v) is 2.80. The molecule has 2 heterocycles. The summed E-state index contributed by atoms with van der Waals surface area (Å²) in [7, 11) is 1.63. The number of amides is 1. The molecule has 4 nitrogen and oxygen atoms in total. The minimum absolute atomic E-state index is 0.0863. The Kier molecular flexibility index (Phi) is 5.70. The van der Waals surface area contributed by atoms with Gasteiger partial charge in [-0.25, -0.2) is 4.98 Å². The second-order valence-corrected chi connectivity index (χ2v) is 5.99. The standard InChI is InChI=1S/C14H15BrN2O2S/c1-19-8-7-17(10-11-4-3-9-20-11)14(18)12-5-2-6-13(15)16-12/h2-6,9H,7-8,10H2,1H3. The highest BCUT2D eigenvalue weighted by Gasteiger charge is 2.17. The molecule has 0 spiro atoms. The van der Waals surface area contributed by atoms with Crippen molar-refractivity contribution < 1.29 is 9.53 Å². The fourth-order valence-electron chi connectivity index (χ4n) is 1.73. The van der Waals surface area contributed by atoms with Crippen LogP contribution in [0.3, 0.4) is 0 Å². The van der Waals surface area contributed by atoms with Crippen molar-refractivity contribution in [1.29, 1.82) is 0 Å². The summed E-state index contributed by atoms with van der Waals surface area (Å²) in [6, 6.07) is 9.34. The first kappa shape index (κ1) is 15.2. The summed E-state index contributed by atoms with van der Waals surface area (Å²) >= 11 is 4.92. The molecule has 0 saturated carbocycles. The number of nitrogens with zero attached hydrogens (tertiary/aromatic N) is 2. The zero-order valence-electron chi connectivity index (χ0n) is 11.1. The van der Waals surface area contributed by atoms with Crippen molar-refractivity contribution in [3.05, 3.63) is 50.9 Å². The summed E-state index contributed by atoms with van der Waals surface area (Å²) in [5.41, 5.74) is 0.437. The van der Waals surface area contributed by atoms with E-state index in [-0.39, 0.29) is 5.91 Å². The second-order valence-electron chi connectivity index (χ2n) is 4.14. The number of rotatable bonds is 6. The van der Waals surface area contributed by atoms with Gasteiger partial charge in [0.15, 0.2) is 0 Å². The smallest absolute Gasteiger partial charge is 0.272 e. The number of methoxy groups -OCH3 is 1. The van der Waals surface area contributed by atoms with Gasteiger partial charge in [-0.3, -0.25) is 4.79 Å². The highest BCUT2D eigenvalue weighted by Crippen LogP contribution is 2.15. The molecule has 0 aliphatic heterocycles. The Balaban J connectivity index is 2.14. The Morgan fingerprint density at radius 1 is 1.40 bits per heavy atom. The van der Waals surface area contributed by atoms with Gasteiger partial charge in [-0.2, -0.15) is 0 Å². The first-order valence-electron chi connectivity index (χ1n) is 6.14. The Hall–Kier alpha value is -1.24. The maximum absolute atomic E-state index is 12.5. The molecule has 2 aromatic heterocycles. The summed E-state index contributed by atoms with van der Waals surface area (Å²) in [6.07, 6.45) is 0. The van der Waals surface area contributed by atoms with Crippen LogP contribution in [0.1, 0.15) is 15.4 Å². The largest absolute Gasteiger partial charge is 0.383 e. The van der Waals surface area contributed by atoms with Gasteiger partial charge in [-0.15, -0.1) is 11.3 Å². The number of aromatic nitrogens is 1. The molecular weight excluding hydrogens is 340 g/mol. The molecule has 0 aliphatic rings. The molecule has 0 unspecified atom stereocenters. The topological polar surface area (TPSA) is 42.4 Å². The van der Waals surface area contributed by atoms with Gasteiger partial charge in [0.1, 0.15) is 10.3 Å². The van der Waals surface area contributed by atoms with Crippen LogP contribution in [0, 0.1) is 0 Å². The number of ether oxygens (including phenoxy) is 1. The third-order valence-electron chi connectivity index (χ3n) is 2.71. The number of thiophene rings is 1. The summed E-state index contributed by atoms with van der Waals surface area (Å²) in [5.74, 6) is -0.0863.